The fourth-order valence-corrected chi connectivity index (χ4v) is 1.80. The highest BCUT2D eigenvalue weighted by Gasteiger charge is 2.15. The molecule has 0 heterocycles. The lowest BCUT2D eigenvalue weighted by Crippen LogP contribution is -2.24. The van der Waals surface area contributed by atoms with Crippen LogP contribution >= 0.6 is 0 Å². The lowest BCUT2D eigenvalue weighted by Gasteiger charge is -2.14. The van der Waals surface area contributed by atoms with Gasteiger partial charge in [-0.1, -0.05) is 20.5 Å². The van der Waals surface area contributed by atoms with Gasteiger partial charge in [0, 0.05) is 32.5 Å². The number of azide groups is 4. The lowest BCUT2D eigenvalue weighted by atomic mass is 10.2. The van der Waals surface area contributed by atoms with E-state index in [4.69, 9.17) is 31.6 Å². The van der Waals surface area contributed by atoms with Crippen LogP contribution in [0.15, 0.2) is 20.5 Å². The normalized spacial score (nSPS) is 11.3. The third-order valence-electron chi connectivity index (χ3n) is 3.00. The second kappa shape index (κ2) is 16.6. The van der Waals surface area contributed by atoms with E-state index in [1.165, 1.54) is 0 Å². The van der Waals surface area contributed by atoms with Crippen LogP contribution in [0, 0.1) is 0 Å². The summed E-state index contributed by atoms with van der Waals surface area (Å²) in [4.78, 5) is 33.6. The molecule has 0 aliphatic heterocycles. The van der Waals surface area contributed by atoms with Crippen LogP contribution in [0.25, 0.3) is 41.8 Å². The lowest BCUT2D eigenvalue weighted by molar-refractivity contribution is -0.150. The first-order chi connectivity index (χ1) is 13.6. The predicted octanol–water partition coefficient (Wildman–Crippen LogP) is 3.61. The van der Waals surface area contributed by atoms with Gasteiger partial charge in [0.05, 0.1) is 26.2 Å². The van der Waals surface area contributed by atoms with Gasteiger partial charge in [-0.15, -0.1) is 0 Å². The number of unbranched alkanes of at least 4 members (excludes halogenated alkanes) is 1. The van der Waals surface area contributed by atoms with Gasteiger partial charge in [-0.3, -0.25) is 9.59 Å². The van der Waals surface area contributed by atoms with Gasteiger partial charge in [-0.05, 0) is 35.0 Å². The van der Waals surface area contributed by atoms with Crippen molar-refractivity contribution < 1.29 is 19.1 Å². The molecule has 0 saturated heterocycles. The first kappa shape index (κ1) is 24.2. The van der Waals surface area contributed by atoms with E-state index in [0.717, 1.165) is 0 Å². The summed E-state index contributed by atoms with van der Waals surface area (Å²) >= 11 is 0. The number of hydrogen-bond acceptors (Lipinski definition) is 8. The third kappa shape index (κ3) is 13.5. The first-order valence-electron chi connectivity index (χ1n) is 7.99. The number of carbonyl (C=O) groups is 2. The molecule has 0 rings (SSSR count). The maximum atomic E-state index is 11.7. The molecule has 0 radical (unpaired) electrons. The molecule has 150 valence electrons. The Hall–Kier alpha value is -3.82. The topological polar surface area (TPSA) is 248 Å². The van der Waals surface area contributed by atoms with E-state index in [-0.39, 0.29) is 39.0 Å². The number of nitrogens with zero attached hydrogens (tertiary/aromatic N) is 12. The van der Waals surface area contributed by atoms with Crippen molar-refractivity contribution in [2.75, 3.05) is 26.2 Å². The first-order valence-corrected chi connectivity index (χ1v) is 7.99. The number of hydrogen-bond donors (Lipinski definition) is 0. The average molecular weight is 394 g/mol. The highest BCUT2D eigenvalue weighted by atomic mass is 16.5. The van der Waals surface area contributed by atoms with Crippen LogP contribution < -0.4 is 0 Å². The van der Waals surface area contributed by atoms with Crippen LogP contribution in [-0.4, -0.2) is 50.3 Å². The Bertz CT molecular complexity index is 601. The SMILES string of the molecule is [N-]=[N+]=NCC(CN=[N+]=[N-])OC(=O)CCCCC(=O)OC(CN=[N+]=[N-])CN=[N+]=[N-]. The van der Waals surface area contributed by atoms with Crippen molar-refractivity contribution in [3.8, 4) is 0 Å². The third-order valence-corrected chi connectivity index (χ3v) is 3.00. The maximum absolute atomic E-state index is 11.7. The maximum Gasteiger partial charge on any atom is 0.306 e. The zero-order valence-electron chi connectivity index (χ0n) is 14.8. The summed E-state index contributed by atoms with van der Waals surface area (Å²) in [6.07, 6.45) is -1.07. The van der Waals surface area contributed by atoms with Crippen molar-refractivity contribution >= 4 is 11.9 Å². The summed E-state index contributed by atoms with van der Waals surface area (Å²) in [5.41, 5.74) is 33.1. The zero-order chi connectivity index (χ0) is 21.0. The molecule has 0 fully saturated rings. The fraction of sp³-hybridized carbons (Fsp3) is 0.833. The molecule has 0 aromatic rings. The molecule has 28 heavy (non-hydrogen) atoms. The van der Waals surface area contributed by atoms with E-state index in [2.05, 4.69) is 40.1 Å². The summed E-state index contributed by atoms with van der Waals surface area (Å²) < 4.78 is 10.1. The largest absolute Gasteiger partial charge is 0.462 e. The number of esters is 2. The van der Waals surface area contributed by atoms with Crippen LogP contribution in [0.1, 0.15) is 25.7 Å². The average Bonchev–Trinajstić information content (AvgIpc) is 2.69. The molecule has 0 aliphatic rings. The van der Waals surface area contributed by atoms with Gasteiger partial charge in [0.25, 0.3) is 0 Å². The minimum Gasteiger partial charge on any atom is -0.462 e. The van der Waals surface area contributed by atoms with Crippen LogP contribution in [0.5, 0.6) is 0 Å². The standard InChI is InChI=1S/C12H18N12O4/c13-21-17-5-9(6-18-22-14)27-11(25)3-1-2-4-12(26)28-10(7-19-23-15)8-20-24-16/h9-10H,1-8H2. The molecule has 16 heteroatoms. The van der Waals surface area contributed by atoms with Gasteiger partial charge in [0.1, 0.15) is 12.2 Å². The van der Waals surface area contributed by atoms with Crippen molar-refractivity contribution in [2.24, 2.45) is 20.5 Å². The summed E-state index contributed by atoms with van der Waals surface area (Å²) in [6, 6.07) is 0. The molecule has 0 atom stereocenters. The van der Waals surface area contributed by atoms with E-state index in [1.54, 1.807) is 0 Å². The van der Waals surface area contributed by atoms with Crippen molar-refractivity contribution in [1.29, 1.82) is 0 Å². The number of rotatable bonds is 15. The van der Waals surface area contributed by atoms with Gasteiger partial charge in [-0.25, -0.2) is 0 Å². The Labute approximate surface area is 158 Å². The van der Waals surface area contributed by atoms with E-state index in [9.17, 15) is 9.59 Å². The molecule has 0 N–H and O–H groups in total. The van der Waals surface area contributed by atoms with E-state index in [1.807, 2.05) is 0 Å². The molecule has 0 amide bonds. The van der Waals surface area contributed by atoms with Crippen LogP contribution in [0.3, 0.4) is 0 Å². The van der Waals surface area contributed by atoms with Gasteiger partial charge < -0.3 is 9.47 Å². The Morgan fingerprint density at radius 1 is 0.643 bits per heavy atom. The Balaban J connectivity index is 4.25. The van der Waals surface area contributed by atoms with Gasteiger partial charge in [0.15, 0.2) is 0 Å². The summed E-state index contributed by atoms with van der Waals surface area (Å²) in [5.74, 6) is -1.19. The quantitative estimate of drug-likeness (QED) is 0.132. The highest BCUT2D eigenvalue weighted by Crippen LogP contribution is 2.07. The second-order valence-corrected chi connectivity index (χ2v) is 5.08. The number of ether oxygens (including phenoxy) is 2. The highest BCUT2D eigenvalue weighted by molar-refractivity contribution is 5.70. The molecule has 0 aromatic carbocycles. The molecular weight excluding hydrogens is 376 g/mol. The van der Waals surface area contributed by atoms with Gasteiger partial charge in [0.2, 0.25) is 0 Å². The summed E-state index contributed by atoms with van der Waals surface area (Å²) in [6.45, 7) is -0.646. The molecule has 0 saturated carbocycles. The minimum atomic E-state index is -0.855. The predicted molar refractivity (Wildman–Crippen MR) is 94.3 cm³/mol. The van der Waals surface area contributed by atoms with Gasteiger partial charge >= 0.3 is 11.9 Å². The molecule has 0 aliphatic carbocycles. The summed E-state index contributed by atoms with van der Waals surface area (Å²) in [5, 5.41) is 13.1. The van der Waals surface area contributed by atoms with Crippen LogP contribution in [-0.2, 0) is 19.1 Å². The van der Waals surface area contributed by atoms with Crippen molar-refractivity contribution in [2.45, 2.75) is 37.9 Å². The van der Waals surface area contributed by atoms with E-state index >= 15 is 0 Å². The molecular formula is C12H18N12O4. The molecule has 16 nitrogen and oxygen atoms in total. The molecule has 0 unspecified atom stereocenters. The molecule has 0 aromatic heterocycles. The van der Waals surface area contributed by atoms with Crippen molar-refractivity contribution in [3.63, 3.8) is 0 Å². The van der Waals surface area contributed by atoms with Crippen LogP contribution in [0.4, 0.5) is 0 Å². The monoisotopic (exact) mass is 394 g/mol. The Kier molecular flexibility index (Phi) is 14.4. The minimum absolute atomic E-state index is 0.00278. The van der Waals surface area contributed by atoms with Crippen molar-refractivity contribution in [1.82, 2.24) is 0 Å². The smallest absolute Gasteiger partial charge is 0.306 e. The van der Waals surface area contributed by atoms with Crippen LogP contribution in [0.2, 0.25) is 0 Å². The van der Waals surface area contributed by atoms with Gasteiger partial charge in [-0.2, -0.15) is 0 Å². The molecule has 0 bridgehead atoms. The number of carbonyl (C=O) groups excluding carboxylic acids is 2. The zero-order valence-corrected chi connectivity index (χ0v) is 14.8. The second-order valence-electron chi connectivity index (χ2n) is 5.08. The Morgan fingerprint density at radius 2 is 0.929 bits per heavy atom. The summed E-state index contributed by atoms with van der Waals surface area (Å²) in [7, 11) is 0. The fourth-order valence-electron chi connectivity index (χ4n) is 1.80. The van der Waals surface area contributed by atoms with Crippen molar-refractivity contribution in [3.05, 3.63) is 41.8 Å². The Morgan fingerprint density at radius 3 is 1.18 bits per heavy atom. The van der Waals surface area contributed by atoms with E-state index < -0.39 is 24.1 Å². The van der Waals surface area contributed by atoms with E-state index in [0.29, 0.717) is 12.8 Å². The molecule has 0 spiro atoms.